The molecule has 0 saturated carbocycles. The zero-order chi connectivity index (χ0) is 27.4. The lowest BCUT2D eigenvalue weighted by Crippen LogP contribution is -2.25. The molecule has 3 heterocycles. The molecule has 0 fully saturated rings. The van der Waals surface area contributed by atoms with Crippen LogP contribution in [-0.2, 0) is 4.79 Å². The van der Waals surface area contributed by atoms with Crippen molar-refractivity contribution in [2.24, 2.45) is 10.4 Å². The second-order valence-electron chi connectivity index (χ2n) is 10.9. The molecule has 8 nitrogen and oxygen atoms in total. The Kier molecular flexibility index (Phi) is 7.99. The van der Waals surface area contributed by atoms with Crippen molar-refractivity contribution in [3.8, 4) is 0 Å². The van der Waals surface area contributed by atoms with E-state index >= 15 is 0 Å². The van der Waals surface area contributed by atoms with E-state index in [-0.39, 0.29) is 17.4 Å². The molecule has 8 heteroatoms. The average molecular weight is 514 g/mol. The van der Waals surface area contributed by atoms with Crippen molar-refractivity contribution in [3.63, 3.8) is 0 Å². The zero-order valence-electron chi connectivity index (χ0n) is 23.5. The van der Waals surface area contributed by atoms with Crippen molar-refractivity contribution < 1.29 is 4.79 Å². The Balaban J connectivity index is 1.40. The SMILES string of the molecule is CC1=C(/C=C/C(C)=C/C=C/C(C)=C/C(=O)Nn2cnc3c2N=CN(C)C3C)C(C)(C)CCC1n1ccnc1. The number of nitrogens with one attached hydrogen (secondary N) is 1. The molecule has 0 saturated heterocycles. The maximum absolute atomic E-state index is 12.6. The van der Waals surface area contributed by atoms with E-state index in [1.54, 1.807) is 23.4 Å². The van der Waals surface area contributed by atoms with Crippen LogP contribution in [0.25, 0.3) is 0 Å². The molecule has 2 aliphatic rings. The lowest BCUT2D eigenvalue weighted by molar-refractivity contribution is -0.112. The molecule has 1 aliphatic carbocycles. The van der Waals surface area contributed by atoms with E-state index < -0.39 is 0 Å². The lowest BCUT2D eigenvalue weighted by atomic mass is 9.71. The molecule has 1 aliphatic heterocycles. The van der Waals surface area contributed by atoms with Gasteiger partial charge in [0, 0.05) is 25.5 Å². The molecule has 1 N–H and O–H groups in total. The highest BCUT2D eigenvalue weighted by Gasteiger charge is 2.32. The third-order valence-electron chi connectivity index (χ3n) is 7.54. The lowest BCUT2D eigenvalue weighted by Gasteiger charge is -2.37. The number of aromatic nitrogens is 4. The third-order valence-corrected chi connectivity index (χ3v) is 7.54. The molecule has 0 radical (unpaired) electrons. The fourth-order valence-corrected chi connectivity index (χ4v) is 5.07. The van der Waals surface area contributed by atoms with Gasteiger partial charge in [0.15, 0.2) is 5.82 Å². The Morgan fingerprint density at radius 2 is 1.97 bits per heavy atom. The molecule has 0 bridgehead atoms. The summed E-state index contributed by atoms with van der Waals surface area (Å²) in [5, 5.41) is 0. The Morgan fingerprint density at radius 3 is 2.71 bits per heavy atom. The molecule has 1 amide bonds. The molecule has 0 aromatic carbocycles. The van der Waals surface area contributed by atoms with Crippen molar-refractivity contribution >= 4 is 18.1 Å². The fraction of sp³-hybridized carbons (Fsp3) is 0.400. The first kappa shape index (κ1) is 27.1. The number of fused-ring (bicyclic) bond motifs is 1. The number of hydrogen-bond acceptors (Lipinski definition) is 5. The standard InChI is InChI=1S/C30H39N7O/c1-21(11-12-25-23(3)26(13-14-30(25,5)6)36-16-15-31-18-36)9-8-10-22(2)17-27(38)34-37-20-32-28-24(4)35(7)19-33-29(28)37/h8-12,15-20,24,26H,13-14H2,1-7H3,(H,34,38)/b10-8+,12-11+,21-9+,22-17+. The van der Waals surface area contributed by atoms with Crippen LogP contribution in [-0.4, -0.2) is 43.4 Å². The van der Waals surface area contributed by atoms with E-state index in [0.29, 0.717) is 11.9 Å². The van der Waals surface area contributed by atoms with Gasteiger partial charge in [-0.1, -0.05) is 49.8 Å². The van der Waals surface area contributed by atoms with Gasteiger partial charge in [0.25, 0.3) is 5.91 Å². The monoisotopic (exact) mass is 513 g/mol. The van der Waals surface area contributed by atoms with Crippen LogP contribution in [0.3, 0.4) is 0 Å². The van der Waals surface area contributed by atoms with Gasteiger partial charge in [0.1, 0.15) is 12.0 Å². The first-order valence-corrected chi connectivity index (χ1v) is 13.1. The minimum absolute atomic E-state index is 0.104. The van der Waals surface area contributed by atoms with Crippen molar-refractivity contribution in [2.75, 3.05) is 12.5 Å². The topological polar surface area (TPSA) is 80.3 Å². The minimum atomic E-state index is -0.232. The van der Waals surface area contributed by atoms with Crippen LogP contribution in [0.1, 0.15) is 72.2 Å². The number of hydrogen-bond donors (Lipinski definition) is 1. The number of allylic oxidation sites excluding steroid dienone is 9. The average Bonchev–Trinajstić information content (AvgIpc) is 3.52. The summed E-state index contributed by atoms with van der Waals surface area (Å²) in [6, 6.07) is 0.463. The summed E-state index contributed by atoms with van der Waals surface area (Å²) in [7, 11) is 1.95. The van der Waals surface area contributed by atoms with Crippen molar-refractivity contribution in [2.45, 2.75) is 66.5 Å². The van der Waals surface area contributed by atoms with E-state index in [9.17, 15) is 4.79 Å². The molecule has 2 aromatic heterocycles. The van der Waals surface area contributed by atoms with Crippen molar-refractivity contribution in [1.82, 2.24) is 24.1 Å². The second kappa shape index (κ2) is 11.2. The van der Waals surface area contributed by atoms with Crippen LogP contribution in [0.2, 0.25) is 0 Å². The van der Waals surface area contributed by atoms with Gasteiger partial charge >= 0.3 is 0 Å². The number of carbonyl (C=O) groups excluding carboxylic acids is 1. The quantitative estimate of drug-likeness (QED) is 0.353. The summed E-state index contributed by atoms with van der Waals surface area (Å²) >= 11 is 0. The van der Waals surface area contributed by atoms with Crippen LogP contribution >= 0.6 is 0 Å². The Hall–Kier alpha value is -3.94. The van der Waals surface area contributed by atoms with Crippen LogP contribution in [0, 0.1) is 5.41 Å². The van der Waals surface area contributed by atoms with Gasteiger partial charge in [-0.15, -0.1) is 0 Å². The normalized spacial score (nSPS) is 22.0. The molecule has 38 heavy (non-hydrogen) atoms. The number of imidazole rings is 2. The van der Waals surface area contributed by atoms with Crippen molar-refractivity contribution in [3.05, 3.63) is 89.5 Å². The maximum atomic E-state index is 12.6. The summed E-state index contributed by atoms with van der Waals surface area (Å²) in [5.74, 6) is 0.419. The highest BCUT2D eigenvalue weighted by molar-refractivity contribution is 5.95. The summed E-state index contributed by atoms with van der Waals surface area (Å²) in [5.41, 5.74) is 8.57. The molecule has 0 spiro atoms. The van der Waals surface area contributed by atoms with Gasteiger partial charge in [-0.05, 0) is 62.7 Å². The number of rotatable bonds is 7. The van der Waals surface area contributed by atoms with Gasteiger partial charge in [-0.3, -0.25) is 10.2 Å². The molecular formula is C30H39N7O. The smallest absolute Gasteiger partial charge is 0.263 e. The number of nitrogens with zero attached hydrogens (tertiary/aromatic N) is 6. The van der Waals surface area contributed by atoms with Crippen molar-refractivity contribution in [1.29, 1.82) is 0 Å². The molecule has 200 valence electrons. The summed E-state index contributed by atoms with van der Waals surface area (Å²) in [6.07, 6.45) is 23.4. The predicted octanol–water partition coefficient (Wildman–Crippen LogP) is 6.20. The minimum Gasteiger partial charge on any atom is -0.357 e. The Morgan fingerprint density at radius 1 is 1.18 bits per heavy atom. The fourth-order valence-electron chi connectivity index (χ4n) is 5.07. The van der Waals surface area contributed by atoms with Crippen LogP contribution < -0.4 is 5.43 Å². The Bertz CT molecular complexity index is 1350. The summed E-state index contributed by atoms with van der Waals surface area (Å²) < 4.78 is 3.78. The highest BCUT2D eigenvalue weighted by atomic mass is 16.2. The molecule has 2 unspecified atom stereocenters. The van der Waals surface area contributed by atoms with E-state index in [2.05, 4.69) is 84.0 Å². The zero-order valence-corrected chi connectivity index (χ0v) is 23.5. The predicted molar refractivity (Wildman–Crippen MR) is 154 cm³/mol. The van der Waals surface area contributed by atoms with Gasteiger partial charge in [0.05, 0.1) is 24.7 Å². The number of amides is 1. The van der Waals surface area contributed by atoms with Crippen LogP contribution in [0.15, 0.2) is 88.8 Å². The summed E-state index contributed by atoms with van der Waals surface area (Å²) in [6.45, 7) is 12.9. The van der Waals surface area contributed by atoms with E-state index in [0.717, 1.165) is 29.7 Å². The molecule has 2 atom stereocenters. The first-order chi connectivity index (χ1) is 18.1. The third kappa shape index (κ3) is 5.96. The van der Waals surface area contributed by atoms with Crippen LogP contribution in [0.4, 0.5) is 5.82 Å². The van der Waals surface area contributed by atoms with Gasteiger partial charge in [-0.25, -0.2) is 19.6 Å². The van der Waals surface area contributed by atoms with Gasteiger partial charge in [-0.2, -0.15) is 0 Å². The first-order valence-electron chi connectivity index (χ1n) is 13.1. The largest absolute Gasteiger partial charge is 0.357 e. The molecule has 4 rings (SSSR count). The summed E-state index contributed by atoms with van der Waals surface area (Å²) in [4.78, 5) is 27.6. The Labute approximate surface area is 225 Å². The number of aliphatic imine (C=N–C) groups is 1. The van der Waals surface area contributed by atoms with E-state index in [1.165, 1.54) is 11.1 Å². The molecule has 2 aromatic rings. The maximum Gasteiger partial charge on any atom is 0.263 e. The van der Waals surface area contributed by atoms with Gasteiger partial charge < -0.3 is 9.47 Å². The second-order valence-corrected chi connectivity index (χ2v) is 10.9. The highest BCUT2D eigenvalue weighted by Crippen LogP contribution is 2.45. The van der Waals surface area contributed by atoms with E-state index in [4.69, 9.17) is 0 Å². The number of carbonyl (C=O) groups is 1. The molecular weight excluding hydrogens is 474 g/mol. The van der Waals surface area contributed by atoms with E-state index in [1.807, 2.05) is 43.5 Å². The van der Waals surface area contributed by atoms with Gasteiger partial charge in [0.2, 0.25) is 0 Å². The van der Waals surface area contributed by atoms with Crippen LogP contribution in [0.5, 0.6) is 0 Å².